The van der Waals surface area contributed by atoms with Crippen LogP contribution in [0.5, 0.6) is 5.75 Å². The molecule has 0 unspecified atom stereocenters. The molecule has 30 heavy (non-hydrogen) atoms. The number of methoxy groups -OCH3 is 1. The van der Waals surface area contributed by atoms with Crippen LogP contribution >= 0.6 is 0 Å². The van der Waals surface area contributed by atoms with Gasteiger partial charge in [-0.25, -0.2) is 4.79 Å². The molecule has 0 aliphatic rings. The van der Waals surface area contributed by atoms with Crippen LogP contribution in [0.1, 0.15) is 12.5 Å². The number of carbonyl (C=O) groups excluding carboxylic acids is 2. The van der Waals surface area contributed by atoms with Gasteiger partial charge >= 0.3 is 5.97 Å². The summed E-state index contributed by atoms with van der Waals surface area (Å²) in [4.78, 5) is 24.7. The highest BCUT2D eigenvalue weighted by molar-refractivity contribution is 6.01. The first-order chi connectivity index (χ1) is 14.5. The largest absolute Gasteiger partial charge is 0.497 e. The Balaban J connectivity index is 1.65. The van der Waals surface area contributed by atoms with Crippen LogP contribution in [0.3, 0.4) is 0 Å². The maximum absolute atomic E-state index is 12.4. The zero-order chi connectivity index (χ0) is 21.5. The number of nitrogens with one attached hydrogen (secondary N) is 1. The summed E-state index contributed by atoms with van der Waals surface area (Å²) in [5.74, 6) is -0.693. The molecule has 0 fully saturated rings. The standard InChI is InChI=1S/C24H20N2O4/c1-16(23(27)26-21-10-9-18-5-3-4-6-19(18)14-21)30-24(28)20(15-25)13-17-7-11-22(29-2)12-8-17/h3-14,16H,1-2H3,(H,26,27)/b20-13+/t16-/m1/s1. The molecule has 0 saturated heterocycles. The predicted octanol–water partition coefficient (Wildman–Crippen LogP) is 4.33. The molecule has 3 rings (SSSR count). The summed E-state index contributed by atoms with van der Waals surface area (Å²) in [5.41, 5.74) is 1.03. The molecule has 1 amide bonds. The first-order valence-corrected chi connectivity index (χ1v) is 9.26. The molecule has 150 valence electrons. The minimum Gasteiger partial charge on any atom is -0.497 e. The van der Waals surface area contributed by atoms with E-state index in [1.54, 1.807) is 37.4 Å². The Morgan fingerprint density at radius 2 is 1.73 bits per heavy atom. The van der Waals surface area contributed by atoms with E-state index in [-0.39, 0.29) is 5.57 Å². The van der Waals surface area contributed by atoms with Gasteiger partial charge in [0.25, 0.3) is 5.91 Å². The highest BCUT2D eigenvalue weighted by Crippen LogP contribution is 2.19. The lowest BCUT2D eigenvalue weighted by Crippen LogP contribution is -2.30. The highest BCUT2D eigenvalue weighted by Gasteiger charge is 2.20. The van der Waals surface area contributed by atoms with Gasteiger partial charge in [-0.2, -0.15) is 5.26 Å². The van der Waals surface area contributed by atoms with Crippen LogP contribution in [0.15, 0.2) is 72.3 Å². The van der Waals surface area contributed by atoms with Crippen LogP contribution in [-0.4, -0.2) is 25.1 Å². The van der Waals surface area contributed by atoms with Crippen molar-refractivity contribution in [3.8, 4) is 11.8 Å². The molecule has 0 bridgehead atoms. The molecule has 0 radical (unpaired) electrons. The number of ether oxygens (including phenoxy) is 2. The van der Waals surface area contributed by atoms with Gasteiger partial charge in [0.15, 0.2) is 6.10 Å². The molecular formula is C24H20N2O4. The van der Waals surface area contributed by atoms with Gasteiger partial charge in [0.2, 0.25) is 0 Å². The summed E-state index contributed by atoms with van der Waals surface area (Å²) in [7, 11) is 1.55. The Bertz CT molecular complexity index is 1140. The van der Waals surface area contributed by atoms with Crippen LogP contribution < -0.4 is 10.1 Å². The van der Waals surface area contributed by atoms with Crippen molar-refractivity contribution in [2.45, 2.75) is 13.0 Å². The number of anilines is 1. The van der Waals surface area contributed by atoms with Gasteiger partial charge in [0.05, 0.1) is 7.11 Å². The fraction of sp³-hybridized carbons (Fsp3) is 0.125. The van der Waals surface area contributed by atoms with Crippen molar-refractivity contribution in [2.24, 2.45) is 0 Å². The summed E-state index contributed by atoms with van der Waals surface area (Å²) < 4.78 is 10.3. The van der Waals surface area contributed by atoms with Crippen LogP contribution in [0.25, 0.3) is 16.8 Å². The Morgan fingerprint density at radius 3 is 2.40 bits per heavy atom. The maximum atomic E-state index is 12.4. The zero-order valence-corrected chi connectivity index (χ0v) is 16.6. The fourth-order valence-electron chi connectivity index (χ4n) is 2.79. The molecule has 3 aromatic carbocycles. The number of hydrogen-bond acceptors (Lipinski definition) is 5. The van der Waals surface area contributed by atoms with Crippen LogP contribution in [0.2, 0.25) is 0 Å². The van der Waals surface area contributed by atoms with Gasteiger partial charge in [-0.15, -0.1) is 0 Å². The van der Waals surface area contributed by atoms with E-state index in [0.29, 0.717) is 17.0 Å². The zero-order valence-electron chi connectivity index (χ0n) is 16.6. The monoisotopic (exact) mass is 400 g/mol. The molecule has 6 nitrogen and oxygen atoms in total. The van der Waals surface area contributed by atoms with Gasteiger partial charge in [-0.1, -0.05) is 42.5 Å². The van der Waals surface area contributed by atoms with E-state index in [4.69, 9.17) is 9.47 Å². The molecule has 0 spiro atoms. The summed E-state index contributed by atoms with van der Waals surface area (Å²) in [6, 6.07) is 21.9. The highest BCUT2D eigenvalue weighted by atomic mass is 16.5. The summed E-state index contributed by atoms with van der Waals surface area (Å²) in [6.45, 7) is 1.46. The quantitative estimate of drug-likeness (QED) is 0.378. The van der Waals surface area contributed by atoms with Crippen molar-refractivity contribution in [3.63, 3.8) is 0 Å². The van der Waals surface area contributed by atoms with Gasteiger partial charge in [-0.05, 0) is 53.6 Å². The van der Waals surface area contributed by atoms with Gasteiger partial charge in [0.1, 0.15) is 17.4 Å². The van der Waals surface area contributed by atoms with Crippen molar-refractivity contribution in [2.75, 3.05) is 12.4 Å². The van der Waals surface area contributed by atoms with Gasteiger partial charge in [0, 0.05) is 5.69 Å². The average Bonchev–Trinajstić information content (AvgIpc) is 2.77. The Morgan fingerprint density at radius 1 is 1.03 bits per heavy atom. The van der Waals surface area contributed by atoms with Crippen LogP contribution in [-0.2, 0) is 14.3 Å². The molecule has 3 aromatic rings. The molecule has 0 heterocycles. The van der Waals surface area contributed by atoms with E-state index < -0.39 is 18.0 Å². The minimum atomic E-state index is -1.07. The van der Waals surface area contributed by atoms with E-state index in [0.717, 1.165) is 10.8 Å². The van der Waals surface area contributed by atoms with Crippen molar-refractivity contribution < 1.29 is 19.1 Å². The number of nitrogens with zero attached hydrogens (tertiary/aromatic N) is 1. The Kier molecular flexibility index (Phi) is 6.46. The topological polar surface area (TPSA) is 88.4 Å². The number of nitriles is 1. The van der Waals surface area contributed by atoms with E-state index in [2.05, 4.69) is 5.32 Å². The summed E-state index contributed by atoms with van der Waals surface area (Å²) in [6.07, 6.45) is 0.326. The normalized spacial score (nSPS) is 12.0. The van der Waals surface area contributed by atoms with Crippen molar-refractivity contribution >= 4 is 34.4 Å². The predicted molar refractivity (Wildman–Crippen MR) is 115 cm³/mol. The van der Waals surface area contributed by atoms with E-state index >= 15 is 0 Å². The number of benzene rings is 3. The molecular weight excluding hydrogens is 380 g/mol. The minimum absolute atomic E-state index is 0.203. The molecule has 0 aromatic heterocycles. The number of amides is 1. The van der Waals surface area contributed by atoms with E-state index in [1.807, 2.05) is 42.5 Å². The molecule has 1 N–H and O–H groups in total. The van der Waals surface area contributed by atoms with Crippen LogP contribution in [0.4, 0.5) is 5.69 Å². The lowest BCUT2D eigenvalue weighted by atomic mass is 10.1. The fourth-order valence-corrected chi connectivity index (χ4v) is 2.79. The van der Waals surface area contributed by atoms with Crippen molar-refractivity contribution in [1.29, 1.82) is 5.26 Å². The summed E-state index contributed by atoms with van der Waals surface area (Å²) >= 11 is 0. The van der Waals surface area contributed by atoms with E-state index in [1.165, 1.54) is 13.0 Å². The first kappa shape index (κ1) is 20.6. The first-order valence-electron chi connectivity index (χ1n) is 9.26. The maximum Gasteiger partial charge on any atom is 0.349 e. The second kappa shape index (κ2) is 9.39. The van der Waals surface area contributed by atoms with Crippen molar-refractivity contribution in [3.05, 3.63) is 77.9 Å². The molecule has 6 heteroatoms. The second-order valence-electron chi connectivity index (χ2n) is 6.54. The Hall–Kier alpha value is -4.11. The molecule has 1 atom stereocenters. The molecule has 0 aliphatic carbocycles. The van der Waals surface area contributed by atoms with Gasteiger partial charge < -0.3 is 14.8 Å². The number of rotatable bonds is 6. The lowest BCUT2D eigenvalue weighted by molar-refractivity contribution is -0.148. The number of esters is 1. The van der Waals surface area contributed by atoms with E-state index in [9.17, 15) is 14.9 Å². The number of carbonyl (C=O) groups is 2. The molecule has 0 saturated carbocycles. The smallest absolute Gasteiger partial charge is 0.349 e. The SMILES string of the molecule is COc1ccc(/C=C(\C#N)C(=O)O[C@H](C)C(=O)Nc2ccc3ccccc3c2)cc1. The average molecular weight is 400 g/mol. The summed E-state index contributed by atoms with van der Waals surface area (Å²) in [5, 5.41) is 14.1. The van der Waals surface area contributed by atoms with Gasteiger partial charge in [-0.3, -0.25) is 4.79 Å². The second-order valence-corrected chi connectivity index (χ2v) is 6.54. The third-order valence-corrected chi connectivity index (χ3v) is 4.44. The number of hydrogen-bond donors (Lipinski definition) is 1. The van der Waals surface area contributed by atoms with Crippen LogP contribution in [0, 0.1) is 11.3 Å². The lowest BCUT2D eigenvalue weighted by Gasteiger charge is -2.13. The third kappa shape index (κ3) is 5.03. The Labute approximate surface area is 174 Å². The third-order valence-electron chi connectivity index (χ3n) is 4.44. The number of fused-ring (bicyclic) bond motifs is 1. The van der Waals surface area contributed by atoms with Crippen molar-refractivity contribution in [1.82, 2.24) is 0 Å². The molecule has 0 aliphatic heterocycles.